The average molecular weight is 399 g/mol. The van der Waals surface area contributed by atoms with Gasteiger partial charge in [0, 0.05) is 38.1 Å². The fourth-order valence-electron chi connectivity index (χ4n) is 6.39. The molecule has 160 valence electrons. The van der Waals surface area contributed by atoms with Crippen LogP contribution >= 0.6 is 0 Å². The molecule has 4 aliphatic rings. The zero-order valence-electron chi connectivity index (χ0n) is 18.1. The van der Waals surface area contributed by atoms with Gasteiger partial charge >= 0.3 is 0 Å². The van der Waals surface area contributed by atoms with Gasteiger partial charge in [-0.15, -0.1) is 0 Å². The molecule has 1 aromatic rings. The number of benzene rings is 1. The molecule has 5 rings (SSSR count). The number of fused-ring (bicyclic) bond motifs is 1. The fourth-order valence-corrected chi connectivity index (χ4v) is 6.39. The molecule has 3 aliphatic heterocycles. The molecule has 1 aliphatic carbocycles. The second-order valence-corrected chi connectivity index (χ2v) is 9.88. The molecule has 1 saturated carbocycles. The molecule has 3 heterocycles. The number of rotatable bonds is 9. The van der Waals surface area contributed by atoms with E-state index in [-0.39, 0.29) is 5.91 Å². The third-order valence-electron chi connectivity index (χ3n) is 7.49. The number of carbonyl (C=O) groups excluding carboxylic acids is 1. The maximum atomic E-state index is 13.6. The summed E-state index contributed by atoms with van der Waals surface area (Å²) in [5.74, 6) is 2.58. The highest BCUT2D eigenvalue weighted by atomic mass is 16.2. The van der Waals surface area contributed by atoms with Crippen LogP contribution in [-0.2, 0) is 11.3 Å². The molecular formula is C24H38N4O. The number of hydrogen-bond acceptors (Lipinski definition) is 4. The van der Waals surface area contributed by atoms with Gasteiger partial charge in [-0.25, -0.2) is 0 Å². The largest absolute Gasteiger partial charge is 0.350 e. The predicted octanol–water partition coefficient (Wildman–Crippen LogP) is 2.37. The summed E-state index contributed by atoms with van der Waals surface area (Å²) in [6, 6.07) is 10.8. The van der Waals surface area contributed by atoms with Crippen LogP contribution < -0.4 is 16.4 Å². The lowest BCUT2D eigenvalue weighted by atomic mass is 9.58. The van der Waals surface area contributed by atoms with Gasteiger partial charge in [-0.3, -0.25) is 9.69 Å². The summed E-state index contributed by atoms with van der Waals surface area (Å²) >= 11 is 0. The van der Waals surface area contributed by atoms with Crippen molar-refractivity contribution in [3.8, 4) is 0 Å². The zero-order valence-corrected chi connectivity index (χ0v) is 18.1. The van der Waals surface area contributed by atoms with E-state index in [2.05, 4.69) is 41.5 Å². The van der Waals surface area contributed by atoms with Gasteiger partial charge in [-0.1, -0.05) is 50.6 Å². The fraction of sp³-hybridized carbons (Fsp3) is 0.708. The lowest BCUT2D eigenvalue weighted by Crippen LogP contribution is -2.73. The first kappa shape index (κ1) is 20.8. The Morgan fingerprint density at radius 1 is 1.31 bits per heavy atom. The van der Waals surface area contributed by atoms with Gasteiger partial charge < -0.3 is 16.4 Å². The first-order valence-corrected chi connectivity index (χ1v) is 11.6. The van der Waals surface area contributed by atoms with Crippen molar-refractivity contribution in [1.82, 2.24) is 15.5 Å². The van der Waals surface area contributed by atoms with Crippen LogP contribution in [0.2, 0.25) is 0 Å². The maximum Gasteiger partial charge on any atom is 0.240 e. The van der Waals surface area contributed by atoms with Crippen LogP contribution in [0.3, 0.4) is 0 Å². The molecule has 0 aromatic heterocycles. The van der Waals surface area contributed by atoms with Gasteiger partial charge in [0.05, 0.1) is 0 Å². The molecule has 5 atom stereocenters. The predicted molar refractivity (Wildman–Crippen MR) is 117 cm³/mol. The third kappa shape index (κ3) is 3.97. The number of nitrogens with two attached hydrogens (primary N) is 1. The number of piperidine rings is 2. The molecule has 4 bridgehead atoms. The molecule has 5 unspecified atom stereocenters. The van der Waals surface area contributed by atoms with Crippen molar-refractivity contribution in [2.24, 2.45) is 29.4 Å². The number of likely N-dealkylation sites (tertiary alicyclic amines) is 1. The number of amides is 1. The van der Waals surface area contributed by atoms with E-state index < -0.39 is 5.54 Å². The van der Waals surface area contributed by atoms with Crippen LogP contribution in [0.5, 0.6) is 0 Å². The summed E-state index contributed by atoms with van der Waals surface area (Å²) in [5.41, 5.74) is 6.53. The average Bonchev–Trinajstić information content (AvgIpc) is 3.01. The minimum absolute atomic E-state index is 0.207. The van der Waals surface area contributed by atoms with Gasteiger partial charge in [0.15, 0.2) is 0 Å². The normalized spacial score (nSPS) is 33.4. The van der Waals surface area contributed by atoms with E-state index in [1.165, 1.54) is 0 Å². The molecule has 1 amide bonds. The molecule has 3 saturated heterocycles. The van der Waals surface area contributed by atoms with Gasteiger partial charge in [0.1, 0.15) is 5.54 Å². The summed E-state index contributed by atoms with van der Waals surface area (Å²) in [7, 11) is 0. The third-order valence-corrected chi connectivity index (χ3v) is 7.49. The molecule has 0 spiro atoms. The first-order chi connectivity index (χ1) is 14.0. The molecule has 1 aromatic carbocycles. The van der Waals surface area contributed by atoms with Crippen molar-refractivity contribution in [3.63, 3.8) is 0 Å². The summed E-state index contributed by atoms with van der Waals surface area (Å²) < 4.78 is 0. The molecule has 0 radical (unpaired) electrons. The standard InChI is InChI=1S/C24H38N4O/c1-17(2)15-28-16-19-12-24(23(29)26-13-18-8-4-3-5-9-18)21(10-6-7-11-25)22(28)20(19)14-27-24/h3-5,8-9,17,19-22,27H,6-7,10-16,25H2,1-2H3,(H,26,29). The quantitative estimate of drug-likeness (QED) is 0.559. The van der Waals surface area contributed by atoms with E-state index in [1.54, 1.807) is 0 Å². The summed E-state index contributed by atoms with van der Waals surface area (Å²) in [6.45, 7) is 9.25. The highest BCUT2D eigenvalue weighted by Crippen LogP contribution is 2.53. The van der Waals surface area contributed by atoms with Crippen LogP contribution in [0.15, 0.2) is 30.3 Å². The van der Waals surface area contributed by atoms with E-state index in [0.29, 0.717) is 36.3 Å². The number of nitrogens with zero attached hydrogens (tertiary/aromatic N) is 1. The Morgan fingerprint density at radius 3 is 2.83 bits per heavy atom. The summed E-state index contributed by atoms with van der Waals surface area (Å²) in [5, 5.41) is 7.04. The first-order valence-electron chi connectivity index (χ1n) is 11.6. The topological polar surface area (TPSA) is 70.4 Å². The van der Waals surface area contributed by atoms with E-state index in [9.17, 15) is 4.79 Å². The summed E-state index contributed by atoms with van der Waals surface area (Å²) in [6.07, 6.45) is 4.23. The maximum absolute atomic E-state index is 13.6. The minimum Gasteiger partial charge on any atom is -0.350 e. The van der Waals surface area contributed by atoms with Gasteiger partial charge in [-0.2, -0.15) is 0 Å². The van der Waals surface area contributed by atoms with Crippen molar-refractivity contribution in [2.45, 2.75) is 57.7 Å². The van der Waals surface area contributed by atoms with Gasteiger partial charge in [0.2, 0.25) is 5.91 Å². The Kier molecular flexibility index (Phi) is 6.28. The van der Waals surface area contributed by atoms with Crippen LogP contribution in [-0.4, -0.2) is 48.6 Å². The lowest BCUT2D eigenvalue weighted by Gasteiger charge is -2.56. The monoisotopic (exact) mass is 398 g/mol. The molecule has 5 heteroatoms. The molecule has 5 nitrogen and oxygen atoms in total. The minimum atomic E-state index is -0.417. The molecule has 4 fully saturated rings. The molecular weight excluding hydrogens is 360 g/mol. The number of carbonyl (C=O) groups is 1. The van der Waals surface area contributed by atoms with Gasteiger partial charge in [0.25, 0.3) is 0 Å². The Balaban J connectivity index is 1.55. The van der Waals surface area contributed by atoms with E-state index >= 15 is 0 Å². The lowest BCUT2D eigenvalue weighted by molar-refractivity contribution is -0.139. The second-order valence-electron chi connectivity index (χ2n) is 9.88. The Morgan fingerprint density at radius 2 is 2.10 bits per heavy atom. The van der Waals surface area contributed by atoms with Crippen molar-refractivity contribution >= 4 is 5.91 Å². The number of hydrogen-bond donors (Lipinski definition) is 3. The van der Waals surface area contributed by atoms with E-state index in [0.717, 1.165) is 57.4 Å². The van der Waals surface area contributed by atoms with Crippen molar-refractivity contribution in [2.75, 3.05) is 26.2 Å². The Hall–Kier alpha value is -1.43. The SMILES string of the molecule is CC(C)CN1CC2CC3(C(=O)NCc4ccccc4)NCC2C1C3CCCCN. The van der Waals surface area contributed by atoms with Crippen LogP contribution in [0.25, 0.3) is 0 Å². The number of unbranched alkanes of at least 4 members (excludes halogenated alkanes) is 1. The van der Waals surface area contributed by atoms with E-state index in [1.807, 2.05) is 18.2 Å². The Bertz CT molecular complexity index is 693. The highest BCUT2D eigenvalue weighted by molar-refractivity contribution is 5.87. The van der Waals surface area contributed by atoms with Crippen LogP contribution in [0, 0.1) is 23.7 Å². The highest BCUT2D eigenvalue weighted by Gasteiger charge is 2.64. The van der Waals surface area contributed by atoms with E-state index in [4.69, 9.17) is 5.73 Å². The van der Waals surface area contributed by atoms with Crippen LogP contribution in [0.1, 0.15) is 45.1 Å². The number of nitrogens with one attached hydrogen (secondary N) is 2. The smallest absolute Gasteiger partial charge is 0.240 e. The zero-order chi connectivity index (χ0) is 20.4. The summed E-state index contributed by atoms with van der Waals surface area (Å²) in [4.78, 5) is 16.3. The Labute approximate surface area is 175 Å². The van der Waals surface area contributed by atoms with Gasteiger partial charge in [-0.05, 0) is 49.1 Å². The molecule has 29 heavy (non-hydrogen) atoms. The second kappa shape index (κ2) is 8.75. The van der Waals surface area contributed by atoms with Crippen molar-refractivity contribution in [3.05, 3.63) is 35.9 Å². The van der Waals surface area contributed by atoms with Crippen LogP contribution in [0.4, 0.5) is 0 Å². The molecule has 4 N–H and O–H groups in total. The van der Waals surface area contributed by atoms with Crippen molar-refractivity contribution < 1.29 is 4.79 Å². The van der Waals surface area contributed by atoms with Crippen molar-refractivity contribution in [1.29, 1.82) is 0 Å².